The number of carbonyl (C=O) groups is 1. The Kier molecular flexibility index (Phi) is 6.55. The predicted molar refractivity (Wildman–Crippen MR) is 102 cm³/mol. The van der Waals surface area contributed by atoms with E-state index < -0.39 is 23.3 Å². The van der Waals surface area contributed by atoms with E-state index in [0.29, 0.717) is 11.1 Å². The first-order valence-corrected chi connectivity index (χ1v) is 8.21. The second-order valence-electron chi connectivity index (χ2n) is 5.35. The van der Waals surface area contributed by atoms with Gasteiger partial charge in [-0.25, -0.2) is 8.75 Å². The largest absolute Gasteiger partial charge is 0.416 e. The summed E-state index contributed by atoms with van der Waals surface area (Å²) < 4.78 is 39.5. The van der Waals surface area contributed by atoms with Crippen LogP contribution in [0.25, 0.3) is 0 Å². The van der Waals surface area contributed by atoms with Gasteiger partial charge in [0.05, 0.1) is 12.1 Å². The van der Waals surface area contributed by atoms with Crippen LogP contribution < -0.4 is 11.0 Å². The van der Waals surface area contributed by atoms with Crippen LogP contribution in [0, 0.1) is 0 Å². The molecule has 0 saturated heterocycles. The summed E-state index contributed by atoms with van der Waals surface area (Å²) in [7, 11) is 0. The van der Waals surface area contributed by atoms with E-state index in [9.17, 15) is 22.8 Å². The van der Waals surface area contributed by atoms with Crippen LogP contribution in [0.4, 0.5) is 18.3 Å². The third kappa shape index (κ3) is 5.27. The number of benzene rings is 2. The van der Waals surface area contributed by atoms with Crippen molar-refractivity contribution in [1.29, 1.82) is 0 Å². The lowest BCUT2D eigenvalue weighted by molar-refractivity contribution is -0.137. The monoisotopic (exact) mass is 459 g/mol. The molecule has 1 N–H and O–H groups in total. The van der Waals surface area contributed by atoms with Crippen molar-refractivity contribution in [3.8, 4) is 0 Å². The molecule has 1 heterocycles. The van der Waals surface area contributed by atoms with Crippen molar-refractivity contribution in [1.82, 2.24) is 8.94 Å². The number of rotatable bonds is 4. The van der Waals surface area contributed by atoms with Crippen LogP contribution in [0.3, 0.4) is 0 Å². The second kappa shape index (κ2) is 8.49. The number of hydrogen-bond acceptors (Lipinski definition) is 4. The maximum absolute atomic E-state index is 12.8. The maximum atomic E-state index is 12.8. The van der Waals surface area contributed by atoms with E-state index in [1.165, 1.54) is 16.1 Å². The Morgan fingerprint density at radius 1 is 1.11 bits per heavy atom. The third-order valence-corrected chi connectivity index (χ3v) is 4.32. The fraction of sp³-hybridized carbons (Fsp3) is 0.118. The van der Waals surface area contributed by atoms with Crippen molar-refractivity contribution in [3.63, 3.8) is 0 Å². The molecule has 0 atom stereocenters. The van der Waals surface area contributed by atoms with E-state index in [2.05, 4.69) is 10.3 Å². The van der Waals surface area contributed by atoms with Crippen molar-refractivity contribution >= 4 is 39.6 Å². The molecule has 2 aromatic carbocycles. The number of amides is 1. The molecule has 0 aliphatic heterocycles. The summed E-state index contributed by atoms with van der Waals surface area (Å²) in [6, 6.07) is 13.1. The highest BCUT2D eigenvalue weighted by atomic mass is 79.9. The van der Waals surface area contributed by atoms with Crippen LogP contribution >= 0.6 is 28.5 Å². The highest BCUT2D eigenvalue weighted by molar-refractivity contribution is 8.93. The molecule has 0 radical (unpaired) electrons. The van der Waals surface area contributed by atoms with E-state index in [0.717, 1.165) is 23.7 Å². The Morgan fingerprint density at radius 3 is 2.48 bits per heavy atom. The van der Waals surface area contributed by atoms with Gasteiger partial charge in [0, 0.05) is 5.56 Å². The number of nitrogens with one attached hydrogen (secondary N) is 1. The molecular weight excluding hydrogens is 447 g/mol. The minimum absolute atomic E-state index is 0. The molecule has 0 saturated carbocycles. The number of aromatic nitrogens is 2. The average molecular weight is 460 g/mol. The van der Waals surface area contributed by atoms with E-state index in [1.807, 2.05) is 0 Å². The van der Waals surface area contributed by atoms with Gasteiger partial charge in [0.2, 0.25) is 5.13 Å². The first-order chi connectivity index (χ1) is 12.3. The Hall–Kier alpha value is -2.46. The summed E-state index contributed by atoms with van der Waals surface area (Å²) in [6.45, 7) is -0.0678. The van der Waals surface area contributed by atoms with Crippen LogP contribution in [0.5, 0.6) is 0 Å². The van der Waals surface area contributed by atoms with Gasteiger partial charge in [0.1, 0.15) is 0 Å². The third-order valence-electron chi connectivity index (χ3n) is 3.44. The normalized spacial score (nSPS) is 10.9. The predicted octanol–water partition coefficient (Wildman–Crippen LogP) is 4.20. The molecule has 0 unspecified atom stereocenters. The first kappa shape index (κ1) is 20.8. The van der Waals surface area contributed by atoms with Crippen LogP contribution in [0.15, 0.2) is 59.4 Å². The van der Waals surface area contributed by atoms with Gasteiger partial charge >= 0.3 is 11.9 Å². The molecule has 1 amide bonds. The molecule has 0 fully saturated rings. The summed E-state index contributed by atoms with van der Waals surface area (Å²) >= 11 is 0.871. The molecule has 0 aliphatic carbocycles. The molecule has 142 valence electrons. The molecule has 27 heavy (non-hydrogen) atoms. The van der Waals surface area contributed by atoms with Gasteiger partial charge in [-0.15, -0.1) is 17.0 Å². The fourth-order valence-electron chi connectivity index (χ4n) is 2.23. The molecular formula is C17H13BrF3N3O2S. The summed E-state index contributed by atoms with van der Waals surface area (Å²) in [6.07, 6.45) is -4.45. The number of nitrogens with zero attached hydrogens (tertiary/aromatic N) is 2. The van der Waals surface area contributed by atoms with Crippen LogP contribution in [-0.4, -0.2) is 14.8 Å². The van der Waals surface area contributed by atoms with Crippen molar-refractivity contribution in [2.75, 3.05) is 5.32 Å². The Morgan fingerprint density at radius 2 is 1.81 bits per heavy atom. The molecule has 3 rings (SSSR count). The Labute approximate surface area is 166 Å². The van der Waals surface area contributed by atoms with Gasteiger partial charge in [-0.05, 0) is 41.4 Å². The van der Waals surface area contributed by atoms with Gasteiger partial charge in [0.15, 0.2) is 0 Å². The average Bonchev–Trinajstić information content (AvgIpc) is 2.94. The minimum Gasteiger partial charge on any atom is -0.297 e. The lowest BCUT2D eigenvalue weighted by Crippen LogP contribution is -2.17. The zero-order valence-corrected chi connectivity index (χ0v) is 16.1. The van der Waals surface area contributed by atoms with Crippen LogP contribution in [-0.2, 0) is 12.7 Å². The van der Waals surface area contributed by atoms with Crippen LogP contribution in [0.2, 0.25) is 0 Å². The summed E-state index contributed by atoms with van der Waals surface area (Å²) in [5, 5.41) is 2.59. The minimum atomic E-state index is -4.45. The van der Waals surface area contributed by atoms with Crippen LogP contribution in [0.1, 0.15) is 21.5 Å². The standard InChI is InChI=1S/C17H12F3N3O2S.BrH/c18-17(19,20)13-8-4-5-11(9-13)10-23-16(25)22-15(26-23)21-14(24)12-6-2-1-3-7-12;/h1-9H,10H2,(H,21,22,24,25);1H. The molecule has 5 nitrogen and oxygen atoms in total. The van der Waals surface area contributed by atoms with Gasteiger partial charge in [-0.2, -0.15) is 18.2 Å². The number of anilines is 1. The van der Waals surface area contributed by atoms with Gasteiger partial charge < -0.3 is 0 Å². The van der Waals surface area contributed by atoms with Crippen molar-refractivity contribution in [2.45, 2.75) is 12.7 Å². The molecule has 10 heteroatoms. The highest BCUT2D eigenvalue weighted by Crippen LogP contribution is 2.29. The van der Waals surface area contributed by atoms with Crippen molar-refractivity contribution in [3.05, 3.63) is 81.8 Å². The molecule has 0 spiro atoms. The van der Waals surface area contributed by atoms with Gasteiger partial charge in [0.25, 0.3) is 5.91 Å². The molecule has 1 aromatic heterocycles. The van der Waals surface area contributed by atoms with E-state index >= 15 is 0 Å². The second-order valence-corrected chi connectivity index (χ2v) is 6.36. The fourth-order valence-corrected chi connectivity index (χ4v) is 3.03. The SMILES string of the molecule is Br.O=C(Nc1nc(=O)n(Cc2cccc(C(F)(F)F)c2)s1)c1ccccc1. The van der Waals surface area contributed by atoms with Gasteiger partial charge in [-0.1, -0.05) is 30.3 Å². The number of halogens is 4. The zero-order chi connectivity index (χ0) is 18.7. The van der Waals surface area contributed by atoms with E-state index in [1.54, 1.807) is 30.3 Å². The molecule has 0 bridgehead atoms. The van der Waals surface area contributed by atoms with E-state index in [-0.39, 0.29) is 28.7 Å². The highest BCUT2D eigenvalue weighted by Gasteiger charge is 2.30. The van der Waals surface area contributed by atoms with Gasteiger partial charge in [-0.3, -0.25) is 10.1 Å². The number of hydrogen-bond donors (Lipinski definition) is 1. The maximum Gasteiger partial charge on any atom is 0.416 e. The van der Waals surface area contributed by atoms with Crippen molar-refractivity contribution in [2.24, 2.45) is 0 Å². The zero-order valence-electron chi connectivity index (χ0n) is 13.6. The number of carbonyl (C=O) groups excluding carboxylic acids is 1. The molecule has 0 aliphatic rings. The van der Waals surface area contributed by atoms with E-state index in [4.69, 9.17) is 0 Å². The summed E-state index contributed by atoms with van der Waals surface area (Å²) in [5.74, 6) is -0.425. The summed E-state index contributed by atoms with van der Waals surface area (Å²) in [4.78, 5) is 27.7. The quantitative estimate of drug-likeness (QED) is 0.635. The Balaban J connectivity index is 0.00000261. The molecule has 3 aromatic rings. The Bertz CT molecular complexity index is 987. The lowest BCUT2D eigenvalue weighted by atomic mass is 10.1. The topological polar surface area (TPSA) is 64.0 Å². The van der Waals surface area contributed by atoms with Crippen molar-refractivity contribution < 1.29 is 18.0 Å². The lowest BCUT2D eigenvalue weighted by Gasteiger charge is -2.08. The smallest absolute Gasteiger partial charge is 0.297 e. The number of alkyl halides is 3. The summed E-state index contributed by atoms with van der Waals surface area (Å²) in [5.41, 5.74) is -0.716. The first-order valence-electron chi connectivity index (χ1n) is 7.43.